The highest BCUT2D eigenvalue weighted by Crippen LogP contribution is 2.16. The van der Waals surface area contributed by atoms with Crippen molar-refractivity contribution in [3.8, 4) is 0 Å². The summed E-state index contributed by atoms with van der Waals surface area (Å²) in [5.74, 6) is 0. The Morgan fingerprint density at radius 2 is 1.89 bits per heavy atom. The molecule has 4 nitrogen and oxygen atoms in total. The van der Waals surface area contributed by atoms with E-state index in [4.69, 9.17) is 0 Å². The van der Waals surface area contributed by atoms with E-state index in [1.54, 1.807) is 0 Å². The molecule has 0 saturated carbocycles. The lowest BCUT2D eigenvalue weighted by atomic mass is 10.2. The highest BCUT2D eigenvalue weighted by molar-refractivity contribution is 4.81. The number of hydrogen-bond acceptors (Lipinski definition) is 4. The lowest BCUT2D eigenvalue weighted by Gasteiger charge is -2.27. The molecule has 0 aromatic rings. The molecule has 0 aliphatic carbocycles. The number of likely N-dealkylation sites (N-methyl/N-ethyl adjacent to an activating group) is 1. The van der Waals surface area contributed by atoms with Crippen LogP contribution in [0.25, 0.3) is 0 Å². The number of likely N-dealkylation sites (tertiary alicyclic amines) is 1. The number of rotatable bonds is 9. The summed E-state index contributed by atoms with van der Waals surface area (Å²) in [5, 5.41) is 3.56. The Hall–Kier alpha value is -0.160. The van der Waals surface area contributed by atoms with Crippen LogP contribution in [0.2, 0.25) is 0 Å². The molecule has 1 fully saturated rings. The normalized spacial score (nSPS) is 21.3. The Morgan fingerprint density at radius 3 is 2.56 bits per heavy atom. The van der Waals surface area contributed by atoms with Crippen molar-refractivity contribution in [2.45, 2.75) is 25.3 Å². The summed E-state index contributed by atoms with van der Waals surface area (Å²) in [6, 6.07) is 0.781. The second-order valence-corrected chi connectivity index (χ2v) is 6.00. The lowest BCUT2D eigenvalue weighted by Crippen LogP contribution is -2.41. The molecule has 1 N–H and O–H groups in total. The molecular formula is C14H32N4. The molecule has 1 aliphatic rings. The molecule has 1 unspecified atom stereocenters. The lowest BCUT2D eigenvalue weighted by molar-refractivity contribution is 0.208. The van der Waals surface area contributed by atoms with Crippen LogP contribution in [0.3, 0.4) is 0 Å². The second-order valence-electron chi connectivity index (χ2n) is 6.00. The van der Waals surface area contributed by atoms with Gasteiger partial charge in [-0.3, -0.25) is 4.90 Å². The van der Waals surface area contributed by atoms with Crippen molar-refractivity contribution < 1.29 is 0 Å². The first-order chi connectivity index (χ1) is 8.59. The summed E-state index contributed by atoms with van der Waals surface area (Å²) in [6.07, 6.45) is 3.99. The third-order valence-electron chi connectivity index (χ3n) is 3.61. The van der Waals surface area contributed by atoms with Crippen molar-refractivity contribution in [2.75, 3.05) is 67.5 Å². The Morgan fingerprint density at radius 1 is 1.11 bits per heavy atom. The topological polar surface area (TPSA) is 21.8 Å². The predicted molar refractivity (Wildman–Crippen MR) is 79.2 cm³/mol. The molecule has 0 bridgehead atoms. The molecule has 1 rings (SSSR count). The zero-order chi connectivity index (χ0) is 13.4. The van der Waals surface area contributed by atoms with Crippen LogP contribution in [0.15, 0.2) is 0 Å². The van der Waals surface area contributed by atoms with Gasteiger partial charge < -0.3 is 15.1 Å². The summed E-state index contributed by atoms with van der Waals surface area (Å²) in [6.45, 7) is 7.17. The van der Waals surface area contributed by atoms with Crippen molar-refractivity contribution in [3.63, 3.8) is 0 Å². The van der Waals surface area contributed by atoms with Crippen molar-refractivity contribution in [3.05, 3.63) is 0 Å². The van der Waals surface area contributed by atoms with Gasteiger partial charge in [-0.25, -0.2) is 0 Å². The van der Waals surface area contributed by atoms with Crippen LogP contribution < -0.4 is 5.32 Å². The first-order valence-electron chi connectivity index (χ1n) is 7.34. The maximum absolute atomic E-state index is 3.56. The van der Waals surface area contributed by atoms with Crippen LogP contribution >= 0.6 is 0 Å². The molecule has 0 spiro atoms. The molecule has 0 amide bonds. The third kappa shape index (κ3) is 6.69. The molecular weight excluding hydrogens is 224 g/mol. The summed E-state index contributed by atoms with van der Waals surface area (Å²) in [5.41, 5.74) is 0. The molecule has 18 heavy (non-hydrogen) atoms. The smallest absolute Gasteiger partial charge is 0.0223 e. The van der Waals surface area contributed by atoms with E-state index in [-0.39, 0.29) is 0 Å². The molecule has 0 aromatic carbocycles. The van der Waals surface area contributed by atoms with E-state index in [0.29, 0.717) is 0 Å². The monoisotopic (exact) mass is 256 g/mol. The van der Waals surface area contributed by atoms with Crippen LogP contribution in [-0.4, -0.2) is 88.2 Å². The minimum Gasteiger partial charge on any atom is -0.315 e. The molecule has 1 aliphatic heterocycles. The van der Waals surface area contributed by atoms with Gasteiger partial charge in [0.25, 0.3) is 0 Å². The molecule has 1 atom stereocenters. The van der Waals surface area contributed by atoms with Crippen molar-refractivity contribution in [2.24, 2.45) is 0 Å². The van der Waals surface area contributed by atoms with Gasteiger partial charge in [0.05, 0.1) is 0 Å². The fourth-order valence-corrected chi connectivity index (χ4v) is 2.69. The minimum atomic E-state index is 0.781. The molecule has 0 aromatic heterocycles. The van der Waals surface area contributed by atoms with Crippen LogP contribution in [0.4, 0.5) is 0 Å². The first-order valence-corrected chi connectivity index (χ1v) is 7.34. The van der Waals surface area contributed by atoms with Crippen LogP contribution in [0, 0.1) is 0 Å². The summed E-state index contributed by atoms with van der Waals surface area (Å²) >= 11 is 0. The average molecular weight is 256 g/mol. The fraction of sp³-hybridized carbons (Fsp3) is 1.00. The minimum absolute atomic E-state index is 0.781. The fourth-order valence-electron chi connectivity index (χ4n) is 2.69. The standard InChI is InChI=1S/C14H32N4/c1-16(2)10-6-8-15-9-12-18-11-5-7-14(18)13-17(3)4/h14-15H,5-13H2,1-4H3. The van der Waals surface area contributed by atoms with E-state index >= 15 is 0 Å². The zero-order valence-electron chi connectivity index (χ0n) is 12.8. The third-order valence-corrected chi connectivity index (χ3v) is 3.61. The van der Waals surface area contributed by atoms with E-state index in [9.17, 15) is 0 Å². The number of nitrogens with zero attached hydrogens (tertiary/aromatic N) is 3. The van der Waals surface area contributed by atoms with Crippen LogP contribution in [0.5, 0.6) is 0 Å². The van der Waals surface area contributed by atoms with Gasteiger partial charge >= 0.3 is 0 Å². The number of nitrogens with one attached hydrogen (secondary N) is 1. The highest BCUT2D eigenvalue weighted by atomic mass is 15.2. The Bertz CT molecular complexity index is 206. The van der Waals surface area contributed by atoms with Gasteiger partial charge in [0.15, 0.2) is 0 Å². The van der Waals surface area contributed by atoms with Gasteiger partial charge in [-0.15, -0.1) is 0 Å². The maximum atomic E-state index is 3.56. The Kier molecular flexibility index (Phi) is 7.82. The second kappa shape index (κ2) is 8.86. The van der Waals surface area contributed by atoms with E-state index in [2.05, 4.69) is 48.2 Å². The molecule has 0 radical (unpaired) electrons. The van der Waals surface area contributed by atoms with Gasteiger partial charge in [0.1, 0.15) is 0 Å². The predicted octanol–water partition coefficient (Wildman–Crippen LogP) is 0.554. The van der Waals surface area contributed by atoms with Gasteiger partial charge in [-0.05, 0) is 67.1 Å². The number of hydrogen-bond donors (Lipinski definition) is 1. The van der Waals surface area contributed by atoms with E-state index in [1.807, 2.05) is 0 Å². The van der Waals surface area contributed by atoms with Crippen molar-refractivity contribution in [1.29, 1.82) is 0 Å². The van der Waals surface area contributed by atoms with Gasteiger partial charge in [-0.2, -0.15) is 0 Å². The maximum Gasteiger partial charge on any atom is 0.0223 e. The molecule has 4 heteroatoms. The van der Waals surface area contributed by atoms with Crippen LogP contribution in [-0.2, 0) is 0 Å². The van der Waals surface area contributed by atoms with Crippen molar-refractivity contribution in [1.82, 2.24) is 20.0 Å². The summed E-state index contributed by atoms with van der Waals surface area (Å²) in [7, 11) is 8.62. The highest BCUT2D eigenvalue weighted by Gasteiger charge is 2.23. The summed E-state index contributed by atoms with van der Waals surface area (Å²) < 4.78 is 0. The van der Waals surface area contributed by atoms with Gasteiger partial charge in [0.2, 0.25) is 0 Å². The van der Waals surface area contributed by atoms with Gasteiger partial charge in [-0.1, -0.05) is 0 Å². The zero-order valence-corrected chi connectivity index (χ0v) is 12.8. The molecule has 1 heterocycles. The van der Waals surface area contributed by atoms with E-state index in [0.717, 1.165) is 19.1 Å². The largest absolute Gasteiger partial charge is 0.315 e. The SMILES string of the molecule is CN(C)CCCNCCN1CCCC1CN(C)C. The van der Waals surface area contributed by atoms with E-state index < -0.39 is 0 Å². The summed E-state index contributed by atoms with van der Waals surface area (Å²) in [4.78, 5) is 7.21. The quantitative estimate of drug-likeness (QED) is 0.608. The Balaban J connectivity index is 2.03. The van der Waals surface area contributed by atoms with E-state index in [1.165, 1.54) is 45.4 Å². The van der Waals surface area contributed by atoms with Crippen molar-refractivity contribution >= 4 is 0 Å². The van der Waals surface area contributed by atoms with Gasteiger partial charge in [0, 0.05) is 25.7 Å². The average Bonchev–Trinajstić information content (AvgIpc) is 2.69. The van der Waals surface area contributed by atoms with Crippen LogP contribution in [0.1, 0.15) is 19.3 Å². The molecule has 108 valence electrons. The molecule has 1 saturated heterocycles. The Labute approximate surface area is 113 Å². The first kappa shape index (κ1) is 15.9.